The SMILES string of the molecule is O=Cc1cccc(Oc2cnsn2)c1. The summed E-state index contributed by atoms with van der Waals surface area (Å²) in [5.41, 5.74) is 0.575. The summed E-state index contributed by atoms with van der Waals surface area (Å²) in [7, 11) is 0. The van der Waals surface area contributed by atoms with Crippen LogP contribution in [0.5, 0.6) is 11.6 Å². The second-order valence-corrected chi connectivity index (χ2v) is 3.09. The molecule has 0 aliphatic carbocycles. The van der Waals surface area contributed by atoms with Crippen molar-refractivity contribution in [2.45, 2.75) is 0 Å². The Morgan fingerprint density at radius 2 is 2.36 bits per heavy atom. The average molecular weight is 206 g/mol. The van der Waals surface area contributed by atoms with Gasteiger partial charge in [-0.15, -0.1) is 4.37 Å². The van der Waals surface area contributed by atoms with Gasteiger partial charge in [0.2, 0.25) is 0 Å². The van der Waals surface area contributed by atoms with Crippen molar-refractivity contribution < 1.29 is 9.53 Å². The summed E-state index contributed by atoms with van der Waals surface area (Å²) in [4.78, 5) is 10.5. The van der Waals surface area contributed by atoms with Gasteiger partial charge in [-0.1, -0.05) is 12.1 Å². The van der Waals surface area contributed by atoms with Crippen LogP contribution in [0.4, 0.5) is 0 Å². The topological polar surface area (TPSA) is 52.1 Å². The molecule has 0 saturated heterocycles. The smallest absolute Gasteiger partial charge is 0.251 e. The minimum absolute atomic E-state index is 0.443. The van der Waals surface area contributed by atoms with Crippen LogP contribution in [0.25, 0.3) is 0 Å². The van der Waals surface area contributed by atoms with Crippen LogP contribution < -0.4 is 4.74 Å². The minimum Gasteiger partial charge on any atom is -0.437 e. The zero-order chi connectivity index (χ0) is 9.80. The van der Waals surface area contributed by atoms with Crippen LogP contribution in [-0.2, 0) is 0 Å². The van der Waals surface area contributed by atoms with Gasteiger partial charge in [-0.25, -0.2) is 0 Å². The molecule has 2 aromatic rings. The van der Waals surface area contributed by atoms with Gasteiger partial charge >= 0.3 is 0 Å². The Kier molecular flexibility index (Phi) is 2.51. The van der Waals surface area contributed by atoms with Crippen molar-refractivity contribution in [2.75, 3.05) is 0 Å². The number of aldehydes is 1. The quantitative estimate of drug-likeness (QED) is 0.722. The predicted octanol–water partition coefficient (Wildman–Crippen LogP) is 2.14. The largest absolute Gasteiger partial charge is 0.437 e. The van der Waals surface area contributed by atoms with E-state index in [-0.39, 0.29) is 0 Å². The van der Waals surface area contributed by atoms with E-state index in [2.05, 4.69) is 8.75 Å². The molecular weight excluding hydrogens is 200 g/mol. The van der Waals surface area contributed by atoms with Gasteiger partial charge in [0.1, 0.15) is 18.2 Å². The van der Waals surface area contributed by atoms with E-state index >= 15 is 0 Å². The third-order valence-corrected chi connectivity index (χ3v) is 2.02. The predicted molar refractivity (Wildman–Crippen MR) is 51.8 cm³/mol. The first kappa shape index (κ1) is 8.83. The van der Waals surface area contributed by atoms with E-state index in [9.17, 15) is 4.79 Å². The number of carbonyl (C=O) groups excluding carboxylic acids is 1. The van der Waals surface area contributed by atoms with E-state index in [1.54, 1.807) is 24.3 Å². The Balaban J connectivity index is 2.21. The molecule has 1 aromatic carbocycles. The Labute approximate surface area is 84.5 Å². The van der Waals surface area contributed by atoms with E-state index in [0.717, 1.165) is 18.0 Å². The number of nitrogens with zero attached hydrogens (tertiary/aromatic N) is 2. The van der Waals surface area contributed by atoms with E-state index in [1.165, 1.54) is 6.20 Å². The maximum atomic E-state index is 10.5. The molecule has 0 aliphatic heterocycles. The summed E-state index contributed by atoms with van der Waals surface area (Å²) >= 11 is 1.07. The fourth-order valence-electron chi connectivity index (χ4n) is 0.973. The molecule has 0 bridgehead atoms. The summed E-state index contributed by atoms with van der Waals surface area (Å²) in [5.74, 6) is 1.03. The Bertz CT molecular complexity index is 428. The van der Waals surface area contributed by atoms with Gasteiger partial charge in [-0.2, -0.15) is 4.37 Å². The molecule has 14 heavy (non-hydrogen) atoms. The Morgan fingerprint density at radius 3 is 3.07 bits per heavy atom. The summed E-state index contributed by atoms with van der Waals surface area (Å²) in [6.45, 7) is 0. The number of carbonyl (C=O) groups is 1. The normalized spacial score (nSPS) is 9.71. The van der Waals surface area contributed by atoms with Gasteiger partial charge in [-0.3, -0.25) is 4.79 Å². The zero-order valence-corrected chi connectivity index (χ0v) is 7.90. The monoisotopic (exact) mass is 206 g/mol. The second-order valence-electron chi connectivity index (χ2n) is 2.54. The molecule has 5 heteroatoms. The zero-order valence-electron chi connectivity index (χ0n) is 7.08. The molecule has 1 aromatic heterocycles. The molecular formula is C9H6N2O2S. The van der Waals surface area contributed by atoms with Crippen molar-refractivity contribution in [3.8, 4) is 11.6 Å². The third kappa shape index (κ3) is 1.94. The first-order valence-corrected chi connectivity index (χ1v) is 4.62. The summed E-state index contributed by atoms with van der Waals surface area (Å²) in [6, 6.07) is 6.86. The molecule has 0 unspecified atom stereocenters. The van der Waals surface area contributed by atoms with Crippen LogP contribution in [0.15, 0.2) is 30.5 Å². The van der Waals surface area contributed by atoms with E-state index in [4.69, 9.17) is 4.74 Å². The van der Waals surface area contributed by atoms with Crippen LogP contribution in [0.3, 0.4) is 0 Å². The standard InChI is InChI=1S/C9H6N2O2S/c12-6-7-2-1-3-8(4-7)13-9-5-10-14-11-9/h1-6H. The fourth-order valence-corrected chi connectivity index (χ4v) is 1.32. The van der Waals surface area contributed by atoms with Crippen LogP contribution in [0.1, 0.15) is 10.4 Å². The summed E-state index contributed by atoms with van der Waals surface area (Å²) in [5, 5.41) is 0. The van der Waals surface area contributed by atoms with Gasteiger partial charge < -0.3 is 4.74 Å². The fraction of sp³-hybridized carbons (Fsp3) is 0. The molecule has 70 valence electrons. The molecule has 4 nitrogen and oxygen atoms in total. The van der Waals surface area contributed by atoms with Gasteiger partial charge in [-0.05, 0) is 12.1 Å². The number of benzene rings is 1. The van der Waals surface area contributed by atoms with Gasteiger partial charge in [0.05, 0.1) is 11.7 Å². The molecule has 0 aliphatic rings. The molecule has 0 N–H and O–H groups in total. The minimum atomic E-state index is 0.443. The lowest BCUT2D eigenvalue weighted by Crippen LogP contribution is -1.85. The number of aromatic nitrogens is 2. The number of ether oxygens (including phenoxy) is 1. The lowest BCUT2D eigenvalue weighted by Gasteiger charge is -2.00. The molecule has 2 rings (SSSR count). The Morgan fingerprint density at radius 1 is 1.43 bits per heavy atom. The average Bonchev–Trinajstić information content (AvgIpc) is 2.71. The third-order valence-electron chi connectivity index (χ3n) is 1.56. The molecule has 0 radical (unpaired) electrons. The lowest BCUT2D eigenvalue weighted by molar-refractivity contribution is 0.112. The Hall–Kier alpha value is -1.75. The van der Waals surface area contributed by atoms with Crippen molar-refractivity contribution >= 4 is 18.0 Å². The molecule has 0 atom stereocenters. The molecule has 0 fully saturated rings. The maximum absolute atomic E-state index is 10.5. The van der Waals surface area contributed by atoms with Crippen molar-refractivity contribution in [3.63, 3.8) is 0 Å². The highest BCUT2D eigenvalue weighted by Crippen LogP contribution is 2.19. The second kappa shape index (κ2) is 3.97. The highest BCUT2D eigenvalue weighted by molar-refractivity contribution is 6.99. The first-order chi connectivity index (χ1) is 6.88. The van der Waals surface area contributed by atoms with E-state index in [0.29, 0.717) is 17.2 Å². The first-order valence-electron chi connectivity index (χ1n) is 3.89. The van der Waals surface area contributed by atoms with Gasteiger partial charge in [0, 0.05) is 5.56 Å². The lowest BCUT2D eigenvalue weighted by atomic mass is 10.2. The summed E-state index contributed by atoms with van der Waals surface area (Å²) in [6.07, 6.45) is 2.30. The van der Waals surface area contributed by atoms with E-state index < -0.39 is 0 Å². The maximum Gasteiger partial charge on any atom is 0.251 e. The highest BCUT2D eigenvalue weighted by atomic mass is 32.1. The summed E-state index contributed by atoms with van der Waals surface area (Å²) < 4.78 is 13.0. The molecule has 0 amide bonds. The van der Waals surface area contributed by atoms with Crippen molar-refractivity contribution in [2.24, 2.45) is 0 Å². The molecule has 0 saturated carbocycles. The van der Waals surface area contributed by atoms with Crippen molar-refractivity contribution in [3.05, 3.63) is 36.0 Å². The van der Waals surface area contributed by atoms with Crippen LogP contribution in [0, 0.1) is 0 Å². The van der Waals surface area contributed by atoms with E-state index in [1.807, 2.05) is 0 Å². The van der Waals surface area contributed by atoms with Crippen molar-refractivity contribution in [1.29, 1.82) is 0 Å². The highest BCUT2D eigenvalue weighted by Gasteiger charge is 2.00. The number of rotatable bonds is 3. The van der Waals surface area contributed by atoms with Gasteiger partial charge in [0.25, 0.3) is 5.88 Å². The van der Waals surface area contributed by atoms with Crippen LogP contribution in [-0.4, -0.2) is 15.0 Å². The molecule has 0 spiro atoms. The van der Waals surface area contributed by atoms with Crippen LogP contribution >= 0.6 is 11.7 Å². The number of hydrogen-bond donors (Lipinski definition) is 0. The van der Waals surface area contributed by atoms with Gasteiger partial charge in [0.15, 0.2) is 0 Å². The molecule has 1 heterocycles. The number of hydrogen-bond acceptors (Lipinski definition) is 5. The van der Waals surface area contributed by atoms with Crippen molar-refractivity contribution in [1.82, 2.24) is 8.75 Å². The van der Waals surface area contributed by atoms with Crippen LogP contribution in [0.2, 0.25) is 0 Å².